The van der Waals surface area contributed by atoms with Gasteiger partial charge in [0.1, 0.15) is 5.75 Å². The van der Waals surface area contributed by atoms with E-state index in [-0.39, 0.29) is 6.04 Å². The van der Waals surface area contributed by atoms with Gasteiger partial charge < -0.3 is 33.7 Å². The highest BCUT2D eigenvalue weighted by atomic mass is 32.1. The number of nitrogens with one attached hydrogen (secondary N) is 1. The third-order valence-electron chi connectivity index (χ3n) is 5.65. The van der Waals surface area contributed by atoms with Crippen molar-refractivity contribution in [1.82, 2.24) is 9.47 Å². The molecule has 1 atom stereocenters. The van der Waals surface area contributed by atoms with E-state index in [0.29, 0.717) is 22.4 Å². The van der Waals surface area contributed by atoms with Gasteiger partial charge in [0, 0.05) is 25.0 Å². The summed E-state index contributed by atoms with van der Waals surface area (Å²) in [7, 11) is 6.49. The Morgan fingerprint density at radius 2 is 1.56 bits per heavy atom. The summed E-state index contributed by atoms with van der Waals surface area (Å²) in [4.78, 5) is 2.18. The molecule has 3 aromatic rings. The summed E-state index contributed by atoms with van der Waals surface area (Å²) in [5.74, 6) is 2.51. The van der Waals surface area contributed by atoms with Crippen LogP contribution in [-0.2, 0) is 6.54 Å². The number of hydrogen-bond acceptors (Lipinski definition) is 5. The zero-order valence-corrected chi connectivity index (χ0v) is 19.4. The van der Waals surface area contributed by atoms with Crippen molar-refractivity contribution in [3.05, 3.63) is 66.0 Å². The number of rotatable bonds is 6. The molecule has 1 aliphatic heterocycles. The minimum absolute atomic E-state index is 0.137. The normalized spacial score (nSPS) is 15.0. The molecule has 1 aromatic heterocycles. The van der Waals surface area contributed by atoms with E-state index < -0.39 is 0 Å². The standard InChI is InChI=1S/C24H27N3O4S/c1-28-19-10-6-5-8-17(19)25-24(32)27-13-12-26-11-7-9-18(26)22(27)16-14-20(29-2)23(31-4)21(15-16)30-3/h5-11,14-15,22H,12-13H2,1-4H3,(H,25,32). The minimum Gasteiger partial charge on any atom is -0.495 e. The molecule has 2 aromatic carbocycles. The van der Waals surface area contributed by atoms with E-state index in [1.807, 2.05) is 36.4 Å². The number of nitrogens with zero attached hydrogens (tertiary/aromatic N) is 2. The molecule has 8 heteroatoms. The maximum atomic E-state index is 5.88. The van der Waals surface area contributed by atoms with Gasteiger partial charge in [0.15, 0.2) is 16.6 Å². The maximum absolute atomic E-state index is 5.88. The number of benzene rings is 2. The van der Waals surface area contributed by atoms with Crippen molar-refractivity contribution in [2.24, 2.45) is 0 Å². The maximum Gasteiger partial charge on any atom is 0.203 e. The van der Waals surface area contributed by atoms with Crippen LogP contribution in [0.3, 0.4) is 0 Å². The quantitative estimate of drug-likeness (QED) is 0.558. The molecular formula is C24H27N3O4S. The monoisotopic (exact) mass is 453 g/mol. The van der Waals surface area contributed by atoms with Gasteiger partial charge in [-0.2, -0.15) is 0 Å². The smallest absolute Gasteiger partial charge is 0.203 e. The molecule has 0 amide bonds. The Balaban J connectivity index is 1.76. The molecule has 0 radical (unpaired) electrons. The lowest BCUT2D eigenvalue weighted by Crippen LogP contribution is -2.44. The fourth-order valence-corrected chi connectivity index (χ4v) is 4.45. The summed E-state index contributed by atoms with van der Waals surface area (Å²) >= 11 is 5.88. The predicted octanol–water partition coefficient (Wildman–Crippen LogP) is 4.32. The molecule has 0 saturated carbocycles. The number of hydrogen-bond donors (Lipinski definition) is 1. The third-order valence-corrected chi connectivity index (χ3v) is 5.99. The van der Waals surface area contributed by atoms with Crippen LogP contribution in [0, 0.1) is 0 Å². The van der Waals surface area contributed by atoms with Crippen molar-refractivity contribution >= 4 is 23.0 Å². The van der Waals surface area contributed by atoms with Crippen molar-refractivity contribution in [2.75, 3.05) is 40.3 Å². The largest absolute Gasteiger partial charge is 0.495 e. The van der Waals surface area contributed by atoms with Gasteiger partial charge in [-0.25, -0.2) is 0 Å². The van der Waals surface area contributed by atoms with Crippen LogP contribution in [0.5, 0.6) is 23.0 Å². The number of anilines is 1. The molecule has 1 N–H and O–H groups in total. The van der Waals surface area contributed by atoms with Crippen LogP contribution in [0.1, 0.15) is 17.3 Å². The Kier molecular flexibility index (Phi) is 6.41. The molecule has 4 rings (SSSR count). The zero-order chi connectivity index (χ0) is 22.7. The molecular weight excluding hydrogens is 426 g/mol. The molecule has 168 valence electrons. The second-order valence-electron chi connectivity index (χ2n) is 7.31. The first-order chi connectivity index (χ1) is 15.6. The molecule has 0 fully saturated rings. The Hall–Kier alpha value is -3.39. The fraction of sp³-hybridized carbons (Fsp3) is 0.292. The summed E-state index contributed by atoms with van der Waals surface area (Å²) in [5, 5.41) is 3.98. The average molecular weight is 454 g/mol. The van der Waals surface area contributed by atoms with Crippen LogP contribution in [0.15, 0.2) is 54.7 Å². The van der Waals surface area contributed by atoms with E-state index in [0.717, 1.165) is 35.8 Å². The topological polar surface area (TPSA) is 57.1 Å². The second-order valence-corrected chi connectivity index (χ2v) is 7.70. The lowest BCUT2D eigenvalue weighted by Gasteiger charge is -2.39. The number of fused-ring (bicyclic) bond motifs is 1. The van der Waals surface area contributed by atoms with E-state index in [9.17, 15) is 0 Å². The van der Waals surface area contributed by atoms with Crippen LogP contribution < -0.4 is 24.3 Å². The van der Waals surface area contributed by atoms with E-state index in [4.69, 9.17) is 31.2 Å². The van der Waals surface area contributed by atoms with Gasteiger partial charge in [-0.1, -0.05) is 12.1 Å². The molecule has 32 heavy (non-hydrogen) atoms. The van der Waals surface area contributed by atoms with E-state index in [1.54, 1.807) is 28.4 Å². The molecule has 0 saturated heterocycles. The number of ether oxygens (including phenoxy) is 4. The van der Waals surface area contributed by atoms with Crippen molar-refractivity contribution in [1.29, 1.82) is 0 Å². The highest BCUT2D eigenvalue weighted by molar-refractivity contribution is 7.80. The summed E-state index contributed by atoms with van der Waals surface area (Å²) < 4.78 is 24.5. The summed E-state index contributed by atoms with van der Waals surface area (Å²) in [5.41, 5.74) is 2.95. The first-order valence-electron chi connectivity index (χ1n) is 10.3. The Bertz CT molecular complexity index is 1090. The van der Waals surface area contributed by atoms with Crippen LogP contribution >= 0.6 is 12.2 Å². The van der Waals surface area contributed by atoms with E-state index in [2.05, 4.69) is 33.1 Å². The predicted molar refractivity (Wildman–Crippen MR) is 128 cm³/mol. The van der Waals surface area contributed by atoms with Crippen molar-refractivity contribution in [3.63, 3.8) is 0 Å². The van der Waals surface area contributed by atoms with Gasteiger partial charge in [0.2, 0.25) is 5.75 Å². The van der Waals surface area contributed by atoms with Gasteiger partial charge in [0.05, 0.1) is 40.2 Å². The fourth-order valence-electron chi connectivity index (χ4n) is 4.15. The first kappa shape index (κ1) is 21.8. The highest BCUT2D eigenvalue weighted by Gasteiger charge is 2.32. The van der Waals surface area contributed by atoms with Gasteiger partial charge >= 0.3 is 0 Å². The van der Waals surface area contributed by atoms with Crippen molar-refractivity contribution < 1.29 is 18.9 Å². The van der Waals surface area contributed by atoms with Gasteiger partial charge in [-0.15, -0.1) is 0 Å². The number of aromatic nitrogens is 1. The molecule has 1 unspecified atom stereocenters. The van der Waals surface area contributed by atoms with Gasteiger partial charge in [-0.05, 0) is 54.2 Å². The average Bonchev–Trinajstić information content (AvgIpc) is 3.31. The second kappa shape index (κ2) is 9.40. The molecule has 2 heterocycles. The van der Waals surface area contributed by atoms with Crippen molar-refractivity contribution in [2.45, 2.75) is 12.6 Å². The molecule has 1 aliphatic rings. The minimum atomic E-state index is -0.137. The Morgan fingerprint density at radius 3 is 2.22 bits per heavy atom. The summed E-state index contributed by atoms with van der Waals surface area (Å²) in [6.45, 7) is 1.57. The van der Waals surface area contributed by atoms with Crippen LogP contribution in [-0.4, -0.2) is 49.6 Å². The summed E-state index contributed by atoms with van der Waals surface area (Å²) in [6, 6.07) is 15.7. The summed E-state index contributed by atoms with van der Waals surface area (Å²) in [6.07, 6.45) is 2.09. The highest BCUT2D eigenvalue weighted by Crippen LogP contribution is 2.43. The Morgan fingerprint density at radius 1 is 0.875 bits per heavy atom. The molecule has 0 bridgehead atoms. The molecule has 7 nitrogen and oxygen atoms in total. The number of methoxy groups -OCH3 is 4. The van der Waals surface area contributed by atoms with Gasteiger partial charge in [0.25, 0.3) is 0 Å². The lowest BCUT2D eigenvalue weighted by atomic mass is 9.99. The number of thiocarbonyl (C=S) groups is 1. The van der Waals surface area contributed by atoms with E-state index >= 15 is 0 Å². The first-order valence-corrected chi connectivity index (χ1v) is 10.7. The zero-order valence-electron chi connectivity index (χ0n) is 18.6. The van der Waals surface area contributed by atoms with Crippen molar-refractivity contribution in [3.8, 4) is 23.0 Å². The number of para-hydroxylation sites is 2. The third kappa shape index (κ3) is 3.93. The van der Waals surface area contributed by atoms with Crippen LogP contribution in [0.2, 0.25) is 0 Å². The van der Waals surface area contributed by atoms with E-state index in [1.165, 1.54) is 0 Å². The molecule has 0 spiro atoms. The van der Waals surface area contributed by atoms with Crippen LogP contribution in [0.4, 0.5) is 5.69 Å². The Labute approximate surface area is 193 Å². The molecule has 0 aliphatic carbocycles. The van der Waals surface area contributed by atoms with Gasteiger partial charge in [-0.3, -0.25) is 0 Å². The lowest BCUT2D eigenvalue weighted by molar-refractivity contribution is 0.288. The van der Waals surface area contributed by atoms with Crippen LogP contribution in [0.25, 0.3) is 0 Å². The SMILES string of the molecule is COc1ccccc1NC(=S)N1CCn2cccc2C1c1cc(OC)c(OC)c(OC)c1.